The third-order valence-corrected chi connectivity index (χ3v) is 10.8. The molecule has 4 aromatic carbocycles. The molecule has 0 spiro atoms. The Morgan fingerprint density at radius 3 is 1.63 bits per heavy atom. The van der Waals surface area contributed by atoms with Crippen LogP contribution in [0.15, 0.2) is 146 Å². The lowest BCUT2D eigenvalue weighted by Crippen LogP contribution is -2.36. The fraction of sp³-hybridized carbons (Fsp3) is 0.0857. The predicted octanol–water partition coefficient (Wildman–Crippen LogP) is 7.39. The number of benzene rings is 4. The van der Waals surface area contributed by atoms with Crippen molar-refractivity contribution >= 4 is 24.7 Å². The highest BCUT2D eigenvalue weighted by Crippen LogP contribution is 2.69. The van der Waals surface area contributed by atoms with Crippen molar-refractivity contribution in [1.82, 2.24) is 9.97 Å². The summed E-state index contributed by atoms with van der Waals surface area (Å²) in [5, 5.41) is 0.853. The van der Waals surface area contributed by atoms with E-state index in [0.29, 0.717) is 5.95 Å². The molecule has 6 heteroatoms. The number of hydrogen-bond donors (Lipinski definition) is 1. The van der Waals surface area contributed by atoms with Crippen molar-refractivity contribution in [3.05, 3.63) is 151 Å². The second-order valence-corrected chi connectivity index (χ2v) is 12.9. The molecule has 0 radical (unpaired) electrons. The minimum Gasteiger partial charge on any atom is -0.210 e. The van der Waals surface area contributed by atoms with Gasteiger partial charge in [0.05, 0.1) is 17.1 Å². The number of aromatic nitrogens is 2. The average molecular weight is 554 g/mol. The Balaban J connectivity index is 1.49. The highest BCUT2D eigenvalue weighted by Gasteiger charge is 2.67. The maximum absolute atomic E-state index is 13.2. The van der Waals surface area contributed by atoms with Gasteiger partial charge in [-0.1, -0.05) is 121 Å². The van der Waals surface area contributed by atoms with Gasteiger partial charge in [0.2, 0.25) is 0 Å². The first-order valence-electron chi connectivity index (χ1n) is 13.8. The van der Waals surface area contributed by atoms with Crippen LogP contribution in [0.2, 0.25) is 0 Å². The molecular formula is C35H30N4OP+. The van der Waals surface area contributed by atoms with Gasteiger partial charge >= 0.3 is 7.79 Å². The number of hydrogen-bond acceptors (Lipinski definition) is 5. The third-order valence-electron chi connectivity index (χ3n) is 7.70. The number of nitrogens with zero attached hydrogens (tertiary/aromatic N) is 4. The van der Waals surface area contributed by atoms with Crippen molar-refractivity contribution in [2.24, 2.45) is 0 Å². The lowest BCUT2D eigenvalue weighted by atomic mass is 10.0. The Kier molecular flexibility index (Phi) is 6.47. The smallest absolute Gasteiger partial charge is 0.210 e. The Morgan fingerprint density at radius 2 is 1.10 bits per heavy atom. The molecule has 0 amide bonds. The number of aryl methyl sites for hydroxylation is 1. The second kappa shape index (κ2) is 10.4. The van der Waals surface area contributed by atoms with Crippen LogP contribution in [0, 0.1) is 6.92 Å². The van der Waals surface area contributed by atoms with Gasteiger partial charge in [-0.3, -0.25) is 0 Å². The van der Waals surface area contributed by atoms with Crippen molar-refractivity contribution in [2.45, 2.75) is 19.0 Å². The van der Waals surface area contributed by atoms with Crippen LogP contribution in [0.1, 0.15) is 5.56 Å². The van der Waals surface area contributed by atoms with Gasteiger partial charge in [0, 0.05) is 11.1 Å². The molecule has 41 heavy (non-hydrogen) atoms. The van der Waals surface area contributed by atoms with Crippen LogP contribution in [0.4, 0.5) is 11.6 Å². The van der Waals surface area contributed by atoms with Gasteiger partial charge in [0.1, 0.15) is 12.1 Å². The van der Waals surface area contributed by atoms with Gasteiger partial charge in [-0.05, 0) is 37.3 Å². The standard InChI is InChI=1S/C35H30N4OP/c1-26-21-23-29(24-22-26)38-33-19-11-12-20-34(33)39(41(38,40)30-17-9-4-10-18-30)35-36-31(27-13-5-2-6-14-27)25-32(37-35)28-15-7-3-8-16-28/h2-25,33-34,40H,1H3/q+1. The quantitative estimate of drug-likeness (QED) is 0.230. The first-order valence-corrected chi connectivity index (χ1v) is 15.5. The van der Waals surface area contributed by atoms with Gasteiger partial charge in [0.15, 0.2) is 5.30 Å². The van der Waals surface area contributed by atoms with E-state index >= 15 is 0 Å². The van der Waals surface area contributed by atoms with Gasteiger partial charge in [-0.2, -0.15) is 14.2 Å². The normalized spacial score (nSPS) is 21.2. The zero-order chi connectivity index (χ0) is 27.8. The number of fused-ring (bicyclic) bond motifs is 1. The minimum atomic E-state index is -3.24. The molecule has 5 nitrogen and oxygen atoms in total. The van der Waals surface area contributed by atoms with Gasteiger partial charge in [-0.15, -0.1) is 0 Å². The molecule has 1 aliphatic heterocycles. The van der Waals surface area contributed by atoms with Crippen LogP contribution in [0.5, 0.6) is 0 Å². The van der Waals surface area contributed by atoms with Crippen molar-refractivity contribution in [3.63, 3.8) is 0 Å². The fourth-order valence-corrected chi connectivity index (χ4v) is 8.97. The van der Waals surface area contributed by atoms with Crippen LogP contribution in [-0.4, -0.2) is 26.9 Å². The Hall–Kier alpha value is -4.57. The van der Waals surface area contributed by atoms with Crippen LogP contribution < -0.4 is 14.6 Å². The van der Waals surface area contributed by atoms with Gasteiger partial charge in [-0.25, -0.2) is 9.97 Å². The summed E-state index contributed by atoms with van der Waals surface area (Å²) in [5.41, 5.74) is 5.77. The molecule has 2 aliphatic rings. The largest absolute Gasteiger partial charge is 0.370 e. The molecule has 5 aromatic rings. The summed E-state index contributed by atoms with van der Waals surface area (Å²) in [4.78, 5) is 23.6. The molecule has 1 saturated heterocycles. The summed E-state index contributed by atoms with van der Waals surface area (Å²) in [5.74, 6) is 0.509. The Bertz CT molecular complexity index is 1670. The summed E-state index contributed by atoms with van der Waals surface area (Å²) in [6.07, 6.45) is 8.46. The average Bonchev–Trinajstić information content (AvgIpc) is 3.31. The first-order chi connectivity index (χ1) is 20.1. The van der Waals surface area contributed by atoms with Crippen LogP contribution in [0.25, 0.3) is 22.5 Å². The van der Waals surface area contributed by atoms with Crippen LogP contribution >= 0.6 is 7.79 Å². The van der Waals surface area contributed by atoms with E-state index < -0.39 is 7.79 Å². The van der Waals surface area contributed by atoms with Crippen molar-refractivity contribution in [3.8, 4) is 22.5 Å². The minimum absolute atomic E-state index is 0.106. The Morgan fingerprint density at radius 1 is 0.610 bits per heavy atom. The molecule has 7 rings (SSSR count). The topological polar surface area (TPSA) is 52.5 Å². The molecule has 1 N–H and O–H groups in total. The highest BCUT2D eigenvalue weighted by atomic mass is 31.2. The fourth-order valence-electron chi connectivity index (χ4n) is 5.73. The van der Waals surface area contributed by atoms with E-state index in [0.717, 1.165) is 33.5 Å². The van der Waals surface area contributed by atoms with Crippen LogP contribution in [-0.2, 0) is 0 Å². The van der Waals surface area contributed by atoms with E-state index in [2.05, 4.69) is 89.1 Å². The maximum Gasteiger partial charge on any atom is 0.370 e. The van der Waals surface area contributed by atoms with E-state index in [1.165, 1.54) is 5.56 Å². The van der Waals surface area contributed by atoms with Gasteiger partial charge < -0.3 is 0 Å². The van der Waals surface area contributed by atoms with E-state index in [1.807, 2.05) is 72.8 Å². The van der Waals surface area contributed by atoms with E-state index in [4.69, 9.17) is 9.97 Å². The SMILES string of the molecule is Cc1ccc(N2C3C=CC=CC3N(c3nc(-c4ccccc4)cc(-c4ccccc4)n3)[P+]2(O)c2ccccc2)cc1. The van der Waals surface area contributed by atoms with Crippen LogP contribution in [0.3, 0.4) is 0 Å². The molecule has 0 saturated carbocycles. The molecule has 1 fully saturated rings. The molecule has 0 bridgehead atoms. The predicted molar refractivity (Wildman–Crippen MR) is 170 cm³/mol. The number of rotatable bonds is 5. The summed E-state index contributed by atoms with van der Waals surface area (Å²) >= 11 is 0. The first kappa shape index (κ1) is 25.4. The number of anilines is 2. The molecule has 200 valence electrons. The molecule has 3 unspecified atom stereocenters. The molecule has 3 atom stereocenters. The monoisotopic (exact) mass is 553 g/mol. The lowest BCUT2D eigenvalue weighted by molar-refractivity contribution is 0.607. The maximum atomic E-state index is 13.2. The van der Waals surface area contributed by atoms with Gasteiger partial charge in [0.25, 0.3) is 5.95 Å². The van der Waals surface area contributed by atoms with Crippen molar-refractivity contribution in [2.75, 3.05) is 9.34 Å². The molecule has 2 heterocycles. The Labute approximate surface area is 241 Å². The summed E-state index contributed by atoms with van der Waals surface area (Å²) in [7, 11) is -3.24. The van der Waals surface area contributed by atoms with E-state index in [9.17, 15) is 4.89 Å². The van der Waals surface area contributed by atoms with Crippen molar-refractivity contribution in [1.29, 1.82) is 0 Å². The third kappa shape index (κ3) is 4.44. The zero-order valence-corrected chi connectivity index (χ0v) is 23.6. The highest BCUT2D eigenvalue weighted by molar-refractivity contribution is 7.81. The second-order valence-electron chi connectivity index (χ2n) is 10.4. The van der Waals surface area contributed by atoms with E-state index in [-0.39, 0.29) is 12.1 Å². The summed E-state index contributed by atoms with van der Waals surface area (Å²) < 4.78 is 4.29. The molecule has 1 aliphatic carbocycles. The van der Waals surface area contributed by atoms with E-state index in [1.54, 1.807) is 0 Å². The molecule has 1 aromatic heterocycles. The zero-order valence-electron chi connectivity index (χ0n) is 22.7. The van der Waals surface area contributed by atoms with Crippen molar-refractivity contribution < 1.29 is 4.89 Å². The lowest BCUT2D eigenvalue weighted by Gasteiger charge is -2.31. The number of allylic oxidation sites excluding steroid dienone is 2. The summed E-state index contributed by atoms with van der Waals surface area (Å²) in [6, 6.07) is 40.5. The summed E-state index contributed by atoms with van der Waals surface area (Å²) in [6.45, 7) is 2.08. The molecular weight excluding hydrogens is 523 g/mol.